The van der Waals surface area contributed by atoms with Crippen LogP contribution in [0.5, 0.6) is 0 Å². The predicted octanol–water partition coefficient (Wildman–Crippen LogP) is 3.01. The zero-order valence-electron chi connectivity index (χ0n) is 12.5. The molecule has 0 bridgehead atoms. The van der Waals surface area contributed by atoms with Crippen LogP contribution in [0.2, 0.25) is 5.02 Å². The Morgan fingerprint density at radius 1 is 1.36 bits per heavy atom. The van der Waals surface area contributed by atoms with Gasteiger partial charge in [-0.2, -0.15) is 4.99 Å². The molecule has 5 nitrogen and oxygen atoms in total. The van der Waals surface area contributed by atoms with E-state index in [1.54, 1.807) is 24.3 Å². The van der Waals surface area contributed by atoms with Crippen molar-refractivity contribution in [3.05, 3.63) is 29.3 Å². The minimum atomic E-state index is -0.460. The molecule has 0 saturated heterocycles. The van der Waals surface area contributed by atoms with Gasteiger partial charge in [0.05, 0.1) is 10.7 Å². The van der Waals surface area contributed by atoms with Gasteiger partial charge >= 0.3 is 0 Å². The normalized spacial score (nSPS) is 17.3. The van der Waals surface area contributed by atoms with Crippen molar-refractivity contribution in [2.75, 3.05) is 18.4 Å². The Bertz CT molecular complexity index is 602. The Morgan fingerprint density at radius 3 is 2.68 bits per heavy atom. The van der Waals surface area contributed by atoms with Gasteiger partial charge in [0, 0.05) is 19.5 Å². The number of benzene rings is 1. The van der Waals surface area contributed by atoms with E-state index >= 15 is 0 Å². The van der Waals surface area contributed by atoms with Crippen molar-refractivity contribution < 1.29 is 9.59 Å². The Kier molecular flexibility index (Phi) is 5.85. The van der Waals surface area contributed by atoms with Crippen LogP contribution in [0, 0.1) is 0 Å². The first kappa shape index (κ1) is 16.8. The average Bonchev–Trinajstić information content (AvgIpc) is 2.84. The molecule has 1 N–H and O–H groups in total. The van der Waals surface area contributed by atoms with Gasteiger partial charge in [-0.3, -0.25) is 9.59 Å². The van der Waals surface area contributed by atoms with Gasteiger partial charge in [-0.15, -0.1) is 0 Å². The molecule has 1 aliphatic heterocycles. The number of carbonyl (C=O) groups excluding carboxylic acids is 2. The summed E-state index contributed by atoms with van der Waals surface area (Å²) in [6, 6.07) is 7.01. The maximum absolute atomic E-state index is 12.1. The van der Waals surface area contributed by atoms with Gasteiger partial charge in [0.1, 0.15) is 5.25 Å². The summed E-state index contributed by atoms with van der Waals surface area (Å²) in [5.74, 6) is -0.490. The maximum Gasteiger partial charge on any atom is 0.262 e. The Balaban J connectivity index is 1.94. The van der Waals surface area contributed by atoms with Crippen LogP contribution in [0.1, 0.15) is 20.3 Å². The van der Waals surface area contributed by atoms with E-state index in [0.29, 0.717) is 15.9 Å². The summed E-state index contributed by atoms with van der Waals surface area (Å²) in [6.45, 7) is 5.59. The van der Waals surface area contributed by atoms with Crippen molar-refractivity contribution in [3.63, 3.8) is 0 Å². The summed E-state index contributed by atoms with van der Waals surface area (Å²) in [4.78, 5) is 30.1. The predicted molar refractivity (Wildman–Crippen MR) is 91.4 cm³/mol. The smallest absolute Gasteiger partial charge is 0.262 e. The molecule has 0 radical (unpaired) electrons. The minimum Gasteiger partial charge on any atom is -0.352 e. The average molecular weight is 340 g/mol. The van der Waals surface area contributed by atoms with Crippen LogP contribution in [0.3, 0.4) is 0 Å². The molecule has 22 heavy (non-hydrogen) atoms. The van der Waals surface area contributed by atoms with E-state index in [1.807, 2.05) is 18.7 Å². The Morgan fingerprint density at radius 2 is 2.05 bits per heavy atom. The maximum atomic E-state index is 12.1. The molecule has 1 aliphatic rings. The van der Waals surface area contributed by atoms with Gasteiger partial charge in [-0.1, -0.05) is 35.5 Å². The number of rotatable bonds is 5. The van der Waals surface area contributed by atoms with Crippen LogP contribution >= 0.6 is 23.4 Å². The van der Waals surface area contributed by atoms with Crippen molar-refractivity contribution in [3.8, 4) is 0 Å². The summed E-state index contributed by atoms with van der Waals surface area (Å²) in [6.07, 6.45) is 0.0863. The monoisotopic (exact) mass is 339 g/mol. The van der Waals surface area contributed by atoms with E-state index in [0.717, 1.165) is 13.1 Å². The number of amides is 2. The second-order valence-electron chi connectivity index (χ2n) is 4.74. The molecule has 118 valence electrons. The molecule has 2 rings (SSSR count). The number of amidine groups is 1. The lowest BCUT2D eigenvalue weighted by Crippen LogP contribution is -2.27. The fourth-order valence-corrected chi connectivity index (χ4v) is 3.45. The molecule has 1 heterocycles. The van der Waals surface area contributed by atoms with Gasteiger partial charge in [0.2, 0.25) is 5.91 Å². The van der Waals surface area contributed by atoms with Crippen LogP contribution in [0.15, 0.2) is 29.3 Å². The number of thioether (sulfide) groups is 1. The molecule has 0 saturated carbocycles. The number of nitrogens with one attached hydrogen (secondary N) is 1. The van der Waals surface area contributed by atoms with Gasteiger partial charge in [-0.25, -0.2) is 0 Å². The lowest BCUT2D eigenvalue weighted by atomic mass is 10.2. The Labute approximate surface area is 139 Å². The summed E-state index contributed by atoms with van der Waals surface area (Å²) in [7, 11) is 0. The summed E-state index contributed by atoms with van der Waals surface area (Å²) in [5, 5.41) is 3.44. The summed E-state index contributed by atoms with van der Waals surface area (Å²) >= 11 is 7.35. The standard InChI is InChI=1S/C15H18ClN3O2S/c1-3-19(4-2)15-18-14(21)12(22-15)9-13(20)17-11-8-6-5-7-10(11)16/h5-8,12H,3-4,9H2,1-2H3,(H,17,20). The molecule has 1 unspecified atom stereocenters. The van der Waals surface area contributed by atoms with E-state index in [1.165, 1.54) is 11.8 Å². The molecule has 0 spiro atoms. The van der Waals surface area contributed by atoms with Crippen molar-refractivity contribution in [2.24, 2.45) is 4.99 Å². The number of halogens is 1. The number of para-hydroxylation sites is 1. The molecule has 1 atom stereocenters. The van der Waals surface area contributed by atoms with Crippen LogP contribution in [0.25, 0.3) is 0 Å². The number of hydrogen-bond acceptors (Lipinski definition) is 4. The fraction of sp³-hybridized carbons (Fsp3) is 0.400. The summed E-state index contributed by atoms with van der Waals surface area (Å²) < 4.78 is 0. The highest BCUT2D eigenvalue weighted by atomic mass is 35.5. The van der Waals surface area contributed by atoms with E-state index < -0.39 is 5.25 Å². The highest BCUT2D eigenvalue weighted by molar-refractivity contribution is 8.15. The lowest BCUT2D eigenvalue weighted by Gasteiger charge is -2.19. The first-order valence-corrected chi connectivity index (χ1v) is 8.39. The topological polar surface area (TPSA) is 61.8 Å². The minimum absolute atomic E-state index is 0.0863. The van der Waals surface area contributed by atoms with Gasteiger partial charge in [0.25, 0.3) is 5.91 Å². The fourth-order valence-electron chi connectivity index (χ4n) is 2.07. The van der Waals surface area contributed by atoms with E-state index in [4.69, 9.17) is 11.6 Å². The third-order valence-corrected chi connectivity index (χ3v) is 4.82. The van der Waals surface area contributed by atoms with Crippen LogP contribution in [-0.2, 0) is 9.59 Å². The highest BCUT2D eigenvalue weighted by Crippen LogP contribution is 2.28. The Hall–Kier alpha value is -1.53. The largest absolute Gasteiger partial charge is 0.352 e. The third-order valence-electron chi connectivity index (χ3n) is 3.28. The van der Waals surface area contributed by atoms with Gasteiger partial charge in [-0.05, 0) is 26.0 Å². The first-order chi connectivity index (χ1) is 10.5. The molecule has 2 amide bonds. The molecule has 0 fully saturated rings. The van der Waals surface area contributed by atoms with E-state index in [-0.39, 0.29) is 18.2 Å². The SMILES string of the molecule is CCN(CC)C1=NC(=O)C(CC(=O)Nc2ccccc2Cl)S1. The quantitative estimate of drug-likeness (QED) is 0.895. The second-order valence-corrected chi connectivity index (χ2v) is 6.32. The zero-order valence-corrected chi connectivity index (χ0v) is 14.1. The second kappa shape index (κ2) is 7.65. The number of anilines is 1. The van der Waals surface area contributed by atoms with Crippen LogP contribution in [-0.4, -0.2) is 40.2 Å². The molecular formula is C15H18ClN3O2S. The third kappa shape index (κ3) is 4.01. The molecular weight excluding hydrogens is 322 g/mol. The van der Waals surface area contributed by atoms with Crippen LogP contribution < -0.4 is 5.32 Å². The molecule has 7 heteroatoms. The number of aliphatic imine (C=N–C) groups is 1. The molecule has 1 aromatic rings. The van der Waals surface area contributed by atoms with Crippen molar-refractivity contribution >= 4 is 46.0 Å². The van der Waals surface area contributed by atoms with Crippen LogP contribution in [0.4, 0.5) is 5.69 Å². The van der Waals surface area contributed by atoms with Crippen molar-refractivity contribution in [2.45, 2.75) is 25.5 Å². The zero-order chi connectivity index (χ0) is 16.1. The number of carbonyl (C=O) groups is 2. The van der Waals surface area contributed by atoms with E-state index in [9.17, 15) is 9.59 Å². The van der Waals surface area contributed by atoms with E-state index in [2.05, 4.69) is 10.3 Å². The van der Waals surface area contributed by atoms with Crippen molar-refractivity contribution in [1.82, 2.24) is 4.90 Å². The highest BCUT2D eigenvalue weighted by Gasteiger charge is 2.32. The number of hydrogen-bond donors (Lipinski definition) is 1. The molecule has 0 aromatic heterocycles. The van der Waals surface area contributed by atoms with Gasteiger partial charge in [0.15, 0.2) is 5.17 Å². The summed E-state index contributed by atoms with van der Waals surface area (Å²) in [5.41, 5.74) is 0.550. The van der Waals surface area contributed by atoms with Gasteiger partial charge < -0.3 is 10.2 Å². The number of nitrogens with zero attached hydrogens (tertiary/aromatic N) is 2. The molecule has 1 aromatic carbocycles. The first-order valence-electron chi connectivity index (χ1n) is 7.13. The van der Waals surface area contributed by atoms with Crippen molar-refractivity contribution in [1.29, 1.82) is 0 Å². The molecule has 0 aliphatic carbocycles. The lowest BCUT2D eigenvalue weighted by molar-refractivity contribution is -0.121.